The minimum atomic E-state index is -0.315. The molecule has 2 atom stereocenters. The van der Waals surface area contributed by atoms with E-state index in [9.17, 15) is 0 Å². The lowest BCUT2D eigenvalue weighted by atomic mass is 9.94. The fraction of sp³-hybridized carbons (Fsp3) is 0.562. The molecular formula is C16H21O2. The Kier molecular flexibility index (Phi) is 3.40. The SMILES string of the molecule is [CH2]C1OC2(CCCCC2)OC1Cc1ccccc1. The second-order valence-electron chi connectivity index (χ2n) is 5.47. The van der Waals surface area contributed by atoms with Crippen molar-refractivity contribution in [1.82, 2.24) is 0 Å². The van der Waals surface area contributed by atoms with Crippen LogP contribution in [0.4, 0.5) is 0 Å². The highest BCUT2D eigenvalue weighted by molar-refractivity contribution is 5.16. The fourth-order valence-corrected chi connectivity index (χ4v) is 3.08. The Bertz CT molecular complexity index is 381. The molecule has 1 aromatic rings. The van der Waals surface area contributed by atoms with Gasteiger partial charge in [-0.1, -0.05) is 36.8 Å². The molecule has 1 aromatic carbocycles. The molecule has 0 N–H and O–H groups in total. The third-order valence-corrected chi connectivity index (χ3v) is 4.04. The van der Waals surface area contributed by atoms with Crippen molar-refractivity contribution in [2.75, 3.05) is 0 Å². The molecule has 2 aliphatic rings. The zero-order valence-corrected chi connectivity index (χ0v) is 10.8. The minimum absolute atomic E-state index is 0.0386. The first-order chi connectivity index (χ1) is 8.77. The van der Waals surface area contributed by atoms with Crippen LogP contribution < -0.4 is 0 Å². The van der Waals surface area contributed by atoms with E-state index in [-0.39, 0.29) is 18.0 Å². The molecule has 1 heterocycles. The molecule has 1 radical (unpaired) electrons. The van der Waals surface area contributed by atoms with Crippen molar-refractivity contribution in [3.05, 3.63) is 42.8 Å². The predicted molar refractivity (Wildman–Crippen MR) is 71.1 cm³/mol. The van der Waals surface area contributed by atoms with Crippen molar-refractivity contribution in [2.24, 2.45) is 0 Å². The van der Waals surface area contributed by atoms with Crippen LogP contribution in [0.5, 0.6) is 0 Å². The Balaban J connectivity index is 1.67. The van der Waals surface area contributed by atoms with Gasteiger partial charge in [0.25, 0.3) is 0 Å². The Hall–Kier alpha value is -0.860. The average molecular weight is 245 g/mol. The zero-order chi connectivity index (χ0) is 12.4. The van der Waals surface area contributed by atoms with Crippen molar-refractivity contribution in [3.63, 3.8) is 0 Å². The Morgan fingerprint density at radius 1 is 1.06 bits per heavy atom. The monoisotopic (exact) mass is 245 g/mol. The number of rotatable bonds is 2. The van der Waals surface area contributed by atoms with Gasteiger partial charge in [-0.2, -0.15) is 0 Å². The van der Waals surface area contributed by atoms with Crippen molar-refractivity contribution in [3.8, 4) is 0 Å². The van der Waals surface area contributed by atoms with Gasteiger partial charge in [-0.15, -0.1) is 0 Å². The van der Waals surface area contributed by atoms with Gasteiger partial charge in [0.15, 0.2) is 5.79 Å². The molecule has 97 valence electrons. The summed E-state index contributed by atoms with van der Waals surface area (Å²) >= 11 is 0. The second kappa shape index (κ2) is 5.02. The van der Waals surface area contributed by atoms with Crippen LogP contribution in [-0.4, -0.2) is 18.0 Å². The van der Waals surface area contributed by atoms with E-state index >= 15 is 0 Å². The van der Waals surface area contributed by atoms with E-state index in [0.29, 0.717) is 0 Å². The van der Waals surface area contributed by atoms with Gasteiger partial charge in [0, 0.05) is 19.3 Å². The highest BCUT2D eigenvalue weighted by atomic mass is 16.8. The molecule has 2 heteroatoms. The summed E-state index contributed by atoms with van der Waals surface area (Å²) in [5, 5.41) is 0. The lowest BCUT2D eigenvalue weighted by Gasteiger charge is -2.31. The first kappa shape index (κ1) is 12.2. The summed E-state index contributed by atoms with van der Waals surface area (Å²) in [5.41, 5.74) is 1.30. The van der Waals surface area contributed by atoms with Crippen molar-refractivity contribution >= 4 is 0 Å². The maximum absolute atomic E-state index is 6.22. The summed E-state index contributed by atoms with van der Waals surface area (Å²) in [7, 11) is 0. The van der Waals surface area contributed by atoms with Gasteiger partial charge in [-0.25, -0.2) is 0 Å². The standard InChI is InChI=1S/C16H21O2/c1-13-15(12-14-8-4-2-5-9-14)18-16(17-13)10-6-3-7-11-16/h2,4-5,8-9,13,15H,1,3,6-7,10-12H2. The van der Waals surface area contributed by atoms with E-state index in [1.54, 1.807) is 0 Å². The van der Waals surface area contributed by atoms with Crippen LogP contribution in [0.15, 0.2) is 30.3 Å². The van der Waals surface area contributed by atoms with Crippen LogP contribution >= 0.6 is 0 Å². The maximum atomic E-state index is 6.22. The second-order valence-corrected chi connectivity index (χ2v) is 5.47. The molecule has 3 rings (SSSR count). The molecule has 0 bridgehead atoms. The molecule has 1 saturated heterocycles. The van der Waals surface area contributed by atoms with E-state index in [4.69, 9.17) is 9.47 Å². The lowest BCUT2D eigenvalue weighted by Crippen LogP contribution is -2.33. The normalized spacial score (nSPS) is 30.7. The first-order valence-corrected chi connectivity index (χ1v) is 7.00. The van der Waals surface area contributed by atoms with E-state index in [2.05, 4.69) is 31.2 Å². The van der Waals surface area contributed by atoms with E-state index in [0.717, 1.165) is 19.3 Å². The number of hydrogen-bond donors (Lipinski definition) is 0. The molecule has 18 heavy (non-hydrogen) atoms. The van der Waals surface area contributed by atoms with Gasteiger partial charge >= 0.3 is 0 Å². The molecular weight excluding hydrogens is 224 g/mol. The molecule has 1 aliphatic carbocycles. The summed E-state index contributed by atoms with van der Waals surface area (Å²) in [6.07, 6.45) is 6.76. The highest BCUT2D eigenvalue weighted by Gasteiger charge is 2.45. The third kappa shape index (κ3) is 2.45. The lowest BCUT2D eigenvalue weighted by molar-refractivity contribution is -0.191. The molecule has 1 saturated carbocycles. The third-order valence-electron chi connectivity index (χ3n) is 4.04. The van der Waals surface area contributed by atoms with E-state index in [1.165, 1.54) is 24.8 Å². The zero-order valence-electron chi connectivity index (χ0n) is 10.8. The van der Waals surface area contributed by atoms with Crippen LogP contribution in [0.3, 0.4) is 0 Å². The smallest absolute Gasteiger partial charge is 0.169 e. The van der Waals surface area contributed by atoms with Crippen LogP contribution in [0.1, 0.15) is 37.7 Å². The maximum Gasteiger partial charge on any atom is 0.169 e. The van der Waals surface area contributed by atoms with Crippen LogP contribution in [0, 0.1) is 6.92 Å². The van der Waals surface area contributed by atoms with Gasteiger partial charge in [0.2, 0.25) is 0 Å². The number of hydrogen-bond acceptors (Lipinski definition) is 2. The fourth-order valence-electron chi connectivity index (χ4n) is 3.08. The Morgan fingerprint density at radius 3 is 2.50 bits per heavy atom. The first-order valence-electron chi connectivity index (χ1n) is 7.00. The van der Waals surface area contributed by atoms with E-state index < -0.39 is 0 Å². The minimum Gasteiger partial charge on any atom is -0.344 e. The summed E-state index contributed by atoms with van der Waals surface area (Å²) in [6.45, 7) is 4.12. The van der Waals surface area contributed by atoms with Crippen molar-refractivity contribution in [1.29, 1.82) is 0 Å². The number of ether oxygens (including phenoxy) is 2. The van der Waals surface area contributed by atoms with Gasteiger partial charge in [-0.3, -0.25) is 0 Å². The van der Waals surface area contributed by atoms with Crippen molar-refractivity contribution in [2.45, 2.75) is 56.5 Å². The van der Waals surface area contributed by atoms with Crippen LogP contribution in [0.2, 0.25) is 0 Å². The van der Waals surface area contributed by atoms with E-state index in [1.807, 2.05) is 6.07 Å². The molecule has 2 nitrogen and oxygen atoms in total. The van der Waals surface area contributed by atoms with Crippen molar-refractivity contribution < 1.29 is 9.47 Å². The summed E-state index contributed by atoms with van der Waals surface area (Å²) in [6, 6.07) is 10.5. The van der Waals surface area contributed by atoms with Gasteiger partial charge in [0.05, 0.1) is 12.2 Å². The number of benzene rings is 1. The molecule has 1 spiro atoms. The largest absolute Gasteiger partial charge is 0.344 e. The highest BCUT2D eigenvalue weighted by Crippen LogP contribution is 2.40. The summed E-state index contributed by atoms with van der Waals surface area (Å²) in [4.78, 5) is 0. The molecule has 2 unspecified atom stereocenters. The quantitative estimate of drug-likeness (QED) is 0.794. The Labute approximate surface area is 109 Å². The summed E-state index contributed by atoms with van der Waals surface area (Å²) in [5.74, 6) is -0.315. The van der Waals surface area contributed by atoms with Gasteiger partial charge in [-0.05, 0) is 25.3 Å². The van der Waals surface area contributed by atoms with Crippen LogP contribution in [-0.2, 0) is 15.9 Å². The average Bonchev–Trinajstić information content (AvgIpc) is 2.68. The molecule has 0 amide bonds. The van der Waals surface area contributed by atoms with Crippen LogP contribution in [0.25, 0.3) is 0 Å². The summed E-state index contributed by atoms with van der Waals surface area (Å²) < 4.78 is 12.3. The van der Waals surface area contributed by atoms with Gasteiger partial charge in [0.1, 0.15) is 0 Å². The topological polar surface area (TPSA) is 18.5 Å². The molecule has 2 fully saturated rings. The Morgan fingerprint density at radius 2 is 1.78 bits per heavy atom. The molecule has 0 aromatic heterocycles. The predicted octanol–water partition coefficient (Wildman–Crippen LogP) is 3.51. The van der Waals surface area contributed by atoms with Gasteiger partial charge < -0.3 is 9.47 Å². The molecule has 1 aliphatic heterocycles.